The van der Waals surface area contributed by atoms with Crippen LogP contribution in [0.2, 0.25) is 0 Å². The molecule has 0 aliphatic carbocycles. The fourth-order valence-corrected chi connectivity index (χ4v) is 3.62. The summed E-state index contributed by atoms with van der Waals surface area (Å²) in [4.78, 5) is 4.04. The molecule has 100 valence electrons. The van der Waals surface area contributed by atoms with Gasteiger partial charge in [0, 0.05) is 32.0 Å². The van der Waals surface area contributed by atoms with Crippen molar-refractivity contribution < 1.29 is 8.42 Å². The first kappa shape index (κ1) is 13.5. The number of nitrogens with one attached hydrogen (secondary N) is 1. The lowest BCUT2D eigenvalue weighted by Crippen LogP contribution is -2.29. The van der Waals surface area contributed by atoms with Crippen LogP contribution in [0.5, 0.6) is 0 Å². The van der Waals surface area contributed by atoms with Gasteiger partial charge in [-0.1, -0.05) is 6.07 Å². The topological polar surface area (TPSA) is 62.3 Å². The van der Waals surface area contributed by atoms with E-state index in [1.807, 2.05) is 18.3 Å². The average Bonchev–Trinajstić information content (AvgIpc) is 2.70. The predicted octanol–water partition coefficient (Wildman–Crippen LogP) is 0.597. The van der Waals surface area contributed by atoms with Crippen molar-refractivity contribution in [2.75, 3.05) is 25.4 Å². The van der Waals surface area contributed by atoms with E-state index in [4.69, 9.17) is 0 Å². The summed E-state index contributed by atoms with van der Waals surface area (Å²) >= 11 is 0. The molecule has 1 aromatic rings. The number of pyridine rings is 1. The zero-order chi connectivity index (χ0) is 12.8. The second-order valence-corrected chi connectivity index (χ2v) is 6.55. The summed E-state index contributed by atoms with van der Waals surface area (Å²) < 4.78 is 24.7. The van der Waals surface area contributed by atoms with Crippen LogP contribution in [-0.4, -0.2) is 43.1 Å². The molecule has 1 saturated heterocycles. The normalized spacial score (nSPS) is 19.1. The van der Waals surface area contributed by atoms with Crippen molar-refractivity contribution >= 4 is 10.0 Å². The molecule has 0 saturated carbocycles. The third-order valence-electron chi connectivity index (χ3n) is 3.02. The molecule has 1 aromatic heterocycles. The van der Waals surface area contributed by atoms with Gasteiger partial charge in [-0.25, -0.2) is 12.7 Å². The largest absolute Gasteiger partial charge is 0.313 e. The first-order chi connectivity index (χ1) is 8.68. The fraction of sp³-hybridized carbons (Fsp3) is 0.583. The molecule has 1 aliphatic rings. The summed E-state index contributed by atoms with van der Waals surface area (Å²) in [5.41, 5.74) is 1.14. The second kappa shape index (κ2) is 6.26. The van der Waals surface area contributed by atoms with Crippen LogP contribution in [0, 0.1) is 0 Å². The summed E-state index contributed by atoms with van der Waals surface area (Å²) in [6.45, 7) is 2.91. The molecule has 2 rings (SSSR count). The van der Waals surface area contributed by atoms with Gasteiger partial charge in [0.05, 0.1) is 5.75 Å². The molecule has 0 bridgehead atoms. The van der Waals surface area contributed by atoms with Crippen molar-refractivity contribution in [2.24, 2.45) is 0 Å². The van der Waals surface area contributed by atoms with Gasteiger partial charge in [0.2, 0.25) is 10.0 Å². The van der Waals surface area contributed by atoms with Gasteiger partial charge in [0.1, 0.15) is 0 Å². The quantitative estimate of drug-likeness (QED) is 0.768. The van der Waals surface area contributed by atoms with Crippen LogP contribution in [-0.2, 0) is 16.6 Å². The van der Waals surface area contributed by atoms with Crippen molar-refractivity contribution in [3.8, 4) is 0 Å². The van der Waals surface area contributed by atoms with Crippen molar-refractivity contribution in [1.29, 1.82) is 0 Å². The highest BCUT2D eigenvalue weighted by Gasteiger charge is 2.27. The Labute approximate surface area is 108 Å². The van der Waals surface area contributed by atoms with E-state index in [9.17, 15) is 8.42 Å². The number of rotatable bonds is 6. The molecule has 1 N–H and O–H groups in total. The van der Waals surface area contributed by atoms with E-state index in [0.717, 1.165) is 31.5 Å². The molecular weight excluding hydrogens is 250 g/mol. The minimum absolute atomic E-state index is 0.316. The first-order valence-corrected chi connectivity index (χ1v) is 7.87. The molecule has 18 heavy (non-hydrogen) atoms. The second-order valence-electron chi connectivity index (χ2n) is 4.46. The first-order valence-electron chi connectivity index (χ1n) is 6.26. The van der Waals surface area contributed by atoms with E-state index in [-0.39, 0.29) is 0 Å². The van der Waals surface area contributed by atoms with Gasteiger partial charge < -0.3 is 5.32 Å². The van der Waals surface area contributed by atoms with Crippen LogP contribution < -0.4 is 5.32 Å². The lowest BCUT2D eigenvalue weighted by atomic mass is 10.3. The van der Waals surface area contributed by atoms with Crippen molar-refractivity contribution in [3.05, 3.63) is 30.1 Å². The van der Waals surface area contributed by atoms with Gasteiger partial charge in [-0.3, -0.25) is 4.98 Å². The van der Waals surface area contributed by atoms with Crippen LogP contribution in [0.1, 0.15) is 18.4 Å². The molecule has 0 spiro atoms. The Bertz CT molecular complexity index is 461. The number of sulfonamides is 1. The average molecular weight is 269 g/mol. The zero-order valence-corrected chi connectivity index (χ0v) is 11.2. The Morgan fingerprint density at radius 1 is 1.44 bits per heavy atom. The molecule has 5 nitrogen and oxygen atoms in total. The zero-order valence-electron chi connectivity index (χ0n) is 10.4. The summed E-state index contributed by atoms with van der Waals surface area (Å²) in [6, 6.07) is 3.93. The molecule has 1 fully saturated rings. The van der Waals surface area contributed by atoms with Crippen LogP contribution in [0.25, 0.3) is 0 Å². The molecule has 2 heterocycles. The summed E-state index contributed by atoms with van der Waals surface area (Å²) in [7, 11) is -2.93. The Balaban J connectivity index is 1.62. The molecule has 6 heteroatoms. The molecule has 0 amide bonds. The maximum absolute atomic E-state index is 11.5. The predicted molar refractivity (Wildman–Crippen MR) is 70.5 cm³/mol. The standard InChI is InChI=1S/C12H19N3O2S/c16-18(17)9-3-8-15(18)7-2-6-14-11-12-4-1-5-13-10-12/h1,4-5,10,14H,2-3,6-9,11H2. The summed E-state index contributed by atoms with van der Waals surface area (Å²) in [6.07, 6.45) is 5.20. The minimum atomic E-state index is -2.93. The number of hydrogen-bond acceptors (Lipinski definition) is 4. The van der Waals surface area contributed by atoms with E-state index in [0.29, 0.717) is 18.8 Å². The minimum Gasteiger partial charge on any atom is -0.313 e. The van der Waals surface area contributed by atoms with E-state index in [1.54, 1.807) is 10.5 Å². The van der Waals surface area contributed by atoms with Gasteiger partial charge in [0.25, 0.3) is 0 Å². The lowest BCUT2D eigenvalue weighted by molar-refractivity contribution is 0.429. The van der Waals surface area contributed by atoms with E-state index in [1.165, 1.54) is 0 Å². The van der Waals surface area contributed by atoms with Gasteiger partial charge in [-0.2, -0.15) is 0 Å². The van der Waals surface area contributed by atoms with Crippen LogP contribution in [0.15, 0.2) is 24.5 Å². The van der Waals surface area contributed by atoms with E-state index < -0.39 is 10.0 Å². The van der Waals surface area contributed by atoms with Crippen molar-refractivity contribution in [1.82, 2.24) is 14.6 Å². The number of hydrogen-bond donors (Lipinski definition) is 1. The van der Waals surface area contributed by atoms with Gasteiger partial charge >= 0.3 is 0 Å². The van der Waals surface area contributed by atoms with Crippen LogP contribution in [0.3, 0.4) is 0 Å². The van der Waals surface area contributed by atoms with E-state index >= 15 is 0 Å². The molecule has 0 radical (unpaired) electrons. The number of nitrogens with zero attached hydrogens (tertiary/aromatic N) is 2. The highest BCUT2D eigenvalue weighted by Crippen LogP contribution is 2.12. The van der Waals surface area contributed by atoms with Crippen LogP contribution >= 0.6 is 0 Å². The Hall–Kier alpha value is -0.980. The lowest BCUT2D eigenvalue weighted by Gasteiger charge is -2.14. The maximum Gasteiger partial charge on any atom is 0.214 e. The Morgan fingerprint density at radius 2 is 2.33 bits per heavy atom. The van der Waals surface area contributed by atoms with Crippen LogP contribution in [0.4, 0.5) is 0 Å². The molecule has 0 aromatic carbocycles. The van der Waals surface area contributed by atoms with Gasteiger partial charge in [-0.05, 0) is 31.0 Å². The van der Waals surface area contributed by atoms with E-state index in [2.05, 4.69) is 10.3 Å². The monoisotopic (exact) mass is 269 g/mol. The van der Waals surface area contributed by atoms with Gasteiger partial charge in [0.15, 0.2) is 0 Å². The number of aromatic nitrogens is 1. The highest BCUT2D eigenvalue weighted by atomic mass is 32.2. The molecule has 0 atom stereocenters. The third kappa shape index (κ3) is 3.76. The summed E-state index contributed by atoms with van der Waals surface area (Å²) in [5, 5.41) is 3.29. The Kier molecular flexibility index (Phi) is 4.68. The highest BCUT2D eigenvalue weighted by molar-refractivity contribution is 7.89. The maximum atomic E-state index is 11.5. The Morgan fingerprint density at radius 3 is 3.00 bits per heavy atom. The molecular formula is C12H19N3O2S. The van der Waals surface area contributed by atoms with Crippen molar-refractivity contribution in [2.45, 2.75) is 19.4 Å². The molecule has 0 unspecified atom stereocenters. The molecule has 1 aliphatic heterocycles. The summed E-state index contributed by atoms with van der Waals surface area (Å²) in [5.74, 6) is 0.316. The third-order valence-corrected chi connectivity index (χ3v) is 4.97. The van der Waals surface area contributed by atoms with Gasteiger partial charge in [-0.15, -0.1) is 0 Å². The smallest absolute Gasteiger partial charge is 0.214 e. The van der Waals surface area contributed by atoms with Crippen molar-refractivity contribution in [3.63, 3.8) is 0 Å². The SMILES string of the molecule is O=S1(=O)CCCN1CCCNCc1cccnc1. The fourth-order valence-electron chi connectivity index (χ4n) is 2.06.